The number of carboxylic acid groups (broad SMARTS) is 1. The molecule has 190 valence electrons. The fraction of sp³-hybridized carbons (Fsp3) is 0.417. The Hall–Kier alpha value is -2.17. The molecule has 1 saturated heterocycles. The number of carboxylic acids is 1. The summed E-state index contributed by atoms with van der Waals surface area (Å²) in [6.07, 6.45) is -2.33. The average Bonchev–Trinajstić information content (AvgIpc) is 2.79. The van der Waals surface area contributed by atoms with Gasteiger partial charge in [0.1, 0.15) is 12.2 Å². The fourth-order valence-electron chi connectivity index (χ4n) is 4.19. The second-order valence-corrected chi connectivity index (χ2v) is 11.7. The number of sulfonamides is 1. The van der Waals surface area contributed by atoms with Crippen LogP contribution in [0.5, 0.6) is 0 Å². The van der Waals surface area contributed by atoms with Crippen molar-refractivity contribution in [3.05, 3.63) is 69.7 Å². The average molecular weight is 543 g/mol. The zero-order chi connectivity index (χ0) is 25.9. The molecule has 1 heterocycles. The van der Waals surface area contributed by atoms with E-state index in [2.05, 4.69) is 0 Å². The van der Waals surface area contributed by atoms with Gasteiger partial charge in [-0.2, -0.15) is 0 Å². The number of nitrogens with zero attached hydrogens (tertiary/aromatic N) is 2. The largest absolute Gasteiger partial charge is 0.481 e. The highest BCUT2D eigenvalue weighted by atomic mass is 35.5. The SMILES string of the molecule is CCC(CS(=O)(=O)N(C)C)N1C(=O)[C@H](CC(=O)O)O[C@H](c2cccc(Cl)c2)[C@H]1c1ccc(Cl)cc1. The van der Waals surface area contributed by atoms with Gasteiger partial charge in [-0.3, -0.25) is 9.59 Å². The highest BCUT2D eigenvalue weighted by Crippen LogP contribution is 2.44. The Morgan fingerprint density at radius 3 is 2.31 bits per heavy atom. The highest BCUT2D eigenvalue weighted by Gasteiger charge is 2.47. The summed E-state index contributed by atoms with van der Waals surface area (Å²) in [5, 5.41) is 10.4. The van der Waals surface area contributed by atoms with Crippen LogP contribution in [0.25, 0.3) is 0 Å². The number of hydrogen-bond donors (Lipinski definition) is 1. The van der Waals surface area contributed by atoms with Crippen molar-refractivity contribution in [2.45, 2.75) is 44.1 Å². The van der Waals surface area contributed by atoms with Crippen LogP contribution in [0.2, 0.25) is 10.0 Å². The van der Waals surface area contributed by atoms with Gasteiger partial charge in [0.05, 0.1) is 18.2 Å². The third-order valence-electron chi connectivity index (χ3n) is 6.00. The van der Waals surface area contributed by atoms with Crippen LogP contribution < -0.4 is 0 Å². The van der Waals surface area contributed by atoms with Crippen molar-refractivity contribution in [2.75, 3.05) is 19.8 Å². The van der Waals surface area contributed by atoms with E-state index in [1.165, 1.54) is 19.0 Å². The smallest absolute Gasteiger partial charge is 0.306 e. The molecule has 11 heteroatoms. The molecule has 1 N–H and O–H groups in total. The van der Waals surface area contributed by atoms with Crippen LogP contribution in [-0.2, 0) is 24.3 Å². The van der Waals surface area contributed by atoms with Gasteiger partial charge in [0.15, 0.2) is 0 Å². The second-order valence-electron chi connectivity index (χ2n) is 8.56. The van der Waals surface area contributed by atoms with Crippen LogP contribution in [0.15, 0.2) is 48.5 Å². The number of hydrogen-bond acceptors (Lipinski definition) is 5. The molecule has 0 spiro atoms. The van der Waals surface area contributed by atoms with Crippen LogP contribution in [0, 0.1) is 0 Å². The maximum atomic E-state index is 13.7. The molecule has 1 fully saturated rings. The van der Waals surface area contributed by atoms with Gasteiger partial charge >= 0.3 is 5.97 Å². The minimum absolute atomic E-state index is 0.324. The zero-order valence-corrected chi connectivity index (χ0v) is 21.9. The molecule has 35 heavy (non-hydrogen) atoms. The summed E-state index contributed by atoms with van der Waals surface area (Å²) in [6.45, 7) is 1.79. The molecule has 0 aliphatic carbocycles. The number of carbonyl (C=O) groups is 2. The quantitative estimate of drug-likeness (QED) is 0.510. The summed E-state index contributed by atoms with van der Waals surface area (Å²) in [4.78, 5) is 26.7. The molecular weight excluding hydrogens is 515 g/mol. The topological polar surface area (TPSA) is 104 Å². The lowest BCUT2D eigenvalue weighted by Gasteiger charge is -2.48. The predicted molar refractivity (Wildman–Crippen MR) is 134 cm³/mol. The zero-order valence-electron chi connectivity index (χ0n) is 19.6. The van der Waals surface area contributed by atoms with E-state index < -0.39 is 52.6 Å². The number of benzene rings is 2. The number of halogens is 2. The van der Waals surface area contributed by atoms with Gasteiger partial charge in [0.2, 0.25) is 10.0 Å². The molecule has 0 radical (unpaired) electrons. The number of ether oxygens (including phenoxy) is 1. The summed E-state index contributed by atoms with van der Waals surface area (Å²) in [6, 6.07) is 12.3. The minimum Gasteiger partial charge on any atom is -0.481 e. The monoisotopic (exact) mass is 542 g/mol. The lowest BCUT2D eigenvalue weighted by atomic mass is 9.89. The first-order valence-electron chi connectivity index (χ1n) is 11.0. The Morgan fingerprint density at radius 2 is 1.77 bits per heavy atom. The third kappa shape index (κ3) is 6.34. The van der Waals surface area contributed by atoms with E-state index in [0.717, 1.165) is 4.31 Å². The Bertz CT molecular complexity index is 1170. The molecule has 2 aromatic rings. The number of aliphatic carboxylic acids is 1. The normalized spacial score (nSPS) is 21.8. The van der Waals surface area contributed by atoms with E-state index in [-0.39, 0.29) is 5.75 Å². The number of morpholine rings is 1. The first-order valence-corrected chi connectivity index (χ1v) is 13.4. The van der Waals surface area contributed by atoms with E-state index in [1.807, 2.05) is 0 Å². The molecule has 1 unspecified atom stereocenters. The Balaban J connectivity index is 2.21. The van der Waals surface area contributed by atoms with Crippen molar-refractivity contribution < 1.29 is 27.9 Å². The molecule has 1 aliphatic heterocycles. The van der Waals surface area contributed by atoms with Crippen LogP contribution in [0.3, 0.4) is 0 Å². The summed E-state index contributed by atoms with van der Waals surface area (Å²) in [7, 11) is -0.819. The third-order valence-corrected chi connectivity index (χ3v) is 8.41. The number of amides is 1. The predicted octanol–water partition coefficient (Wildman–Crippen LogP) is 4.15. The van der Waals surface area contributed by atoms with Gasteiger partial charge < -0.3 is 14.7 Å². The van der Waals surface area contributed by atoms with Crippen LogP contribution in [0.4, 0.5) is 0 Å². The Kier molecular flexibility index (Phi) is 8.82. The van der Waals surface area contributed by atoms with Gasteiger partial charge in [0.25, 0.3) is 5.91 Å². The van der Waals surface area contributed by atoms with E-state index in [4.69, 9.17) is 27.9 Å². The first-order chi connectivity index (χ1) is 16.4. The molecule has 3 rings (SSSR count). The Labute approximate surface area is 215 Å². The maximum Gasteiger partial charge on any atom is 0.306 e. The number of rotatable bonds is 9. The van der Waals surface area contributed by atoms with Crippen molar-refractivity contribution in [1.82, 2.24) is 9.21 Å². The van der Waals surface area contributed by atoms with Crippen molar-refractivity contribution in [3.63, 3.8) is 0 Å². The molecule has 8 nitrogen and oxygen atoms in total. The van der Waals surface area contributed by atoms with Gasteiger partial charge in [-0.05, 0) is 41.8 Å². The van der Waals surface area contributed by atoms with Crippen molar-refractivity contribution in [1.29, 1.82) is 0 Å². The van der Waals surface area contributed by atoms with E-state index in [9.17, 15) is 23.1 Å². The number of carbonyl (C=O) groups excluding carboxylic acids is 1. The standard InChI is InChI=1S/C24H28Cl2N2O6S/c1-4-19(14-35(32,33)27(2)3)28-22(15-8-10-17(25)11-9-15)23(16-6-5-7-18(26)12-16)34-20(24(28)31)13-21(29)30/h5-12,19-20,22-23H,4,13-14H2,1-3H3,(H,29,30)/t19?,20-,22+,23+/m0/s1. The highest BCUT2D eigenvalue weighted by molar-refractivity contribution is 7.89. The molecule has 4 atom stereocenters. The summed E-state index contributed by atoms with van der Waals surface area (Å²) in [5.74, 6) is -2.10. The first kappa shape index (κ1) is 27.4. The molecule has 0 saturated carbocycles. The van der Waals surface area contributed by atoms with Crippen LogP contribution in [-0.4, -0.2) is 66.6 Å². The minimum atomic E-state index is -3.68. The maximum absolute atomic E-state index is 13.7. The second kappa shape index (κ2) is 11.3. The molecule has 0 aromatic heterocycles. The molecule has 1 aliphatic rings. The molecule has 0 bridgehead atoms. The summed E-state index contributed by atoms with van der Waals surface area (Å²) >= 11 is 12.3. The van der Waals surface area contributed by atoms with Crippen LogP contribution >= 0.6 is 23.2 Å². The Morgan fingerprint density at radius 1 is 1.11 bits per heavy atom. The lowest BCUT2D eigenvalue weighted by molar-refractivity contribution is -0.182. The van der Waals surface area contributed by atoms with E-state index >= 15 is 0 Å². The van der Waals surface area contributed by atoms with Gasteiger partial charge in [-0.1, -0.05) is 54.4 Å². The van der Waals surface area contributed by atoms with Gasteiger partial charge in [-0.15, -0.1) is 0 Å². The van der Waals surface area contributed by atoms with Crippen molar-refractivity contribution in [3.8, 4) is 0 Å². The van der Waals surface area contributed by atoms with E-state index in [0.29, 0.717) is 27.6 Å². The van der Waals surface area contributed by atoms with Crippen molar-refractivity contribution in [2.24, 2.45) is 0 Å². The van der Waals surface area contributed by atoms with Crippen LogP contribution in [0.1, 0.15) is 43.0 Å². The van der Waals surface area contributed by atoms with Gasteiger partial charge in [0, 0.05) is 30.2 Å². The van der Waals surface area contributed by atoms with Crippen molar-refractivity contribution >= 4 is 45.1 Å². The van der Waals surface area contributed by atoms with Gasteiger partial charge in [-0.25, -0.2) is 12.7 Å². The molecule has 1 amide bonds. The summed E-state index contributed by atoms with van der Waals surface area (Å²) in [5.41, 5.74) is 1.30. The molecule has 2 aromatic carbocycles. The lowest BCUT2D eigenvalue weighted by Crippen LogP contribution is -2.57. The summed E-state index contributed by atoms with van der Waals surface area (Å²) < 4.78 is 32.9. The van der Waals surface area contributed by atoms with E-state index in [1.54, 1.807) is 55.5 Å². The fourth-order valence-corrected chi connectivity index (χ4v) is 5.69. The molecular formula is C24H28Cl2N2O6S.